The highest BCUT2D eigenvalue weighted by atomic mass is 32.2. The molecular formula is C40H56O5S4+2. The van der Waals surface area contributed by atoms with Crippen molar-refractivity contribution in [3.8, 4) is 5.75 Å². The first-order chi connectivity index (χ1) is 22.7. The van der Waals surface area contributed by atoms with Crippen LogP contribution in [0.25, 0.3) is 21.5 Å². The van der Waals surface area contributed by atoms with Gasteiger partial charge in [-0.15, -0.1) is 0 Å². The number of ether oxygens (including phenoxy) is 1. The summed E-state index contributed by atoms with van der Waals surface area (Å²) in [4.78, 5) is 3.67. The highest BCUT2D eigenvalue weighted by Gasteiger charge is 2.32. The summed E-state index contributed by atoms with van der Waals surface area (Å²) in [5.41, 5.74) is 0. The molecule has 2 saturated heterocycles. The van der Waals surface area contributed by atoms with E-state index < -0.39 is 19.7 Å². The molecule has 2 aliphatic heterocycles. The van der Waals surface area contributed by atoms with Crippen molar-refractivity contribution in [1.82, 2.24) is 0 Å². The monoisotopic (exact) mass is 744 g/mol. The van der Waals surface area contributed by atoms with Crippen molar-refractivity contribution >= 4 is 63.0 Å². The Morgan fingerprint density at radius 1 is 0.592 bits per heavy atom. The molecule has 49 heavy (non-hydrogen) atoms. The molecule has 0 unspecified atom stereocenters. The second-order valence-corrected chi connectivity index (χ2v) is 21.8. The predicted molar refractivity (Wildman–Crippen MR) is 214 cm³/mol. The van der Waals surface area contributed by atoms with Crippen LogP contribution in [0.5, 0.6) is 5.75 Å². The van der Waals surface area contributed by atoms with Gasteiger partial charge in [0.25, 0.3) is 0 Å². The minimum absolute atomic E-state index is 0. The Kier molecular flexibility index (Phi) is 14.0. The molecule has 2 heterocycles. The topological polar surface area (TPSA) is 77.5 Å². The first-order valence-corrected chi connectivity index (χ1v) is 23.7. The van der Waals surface area contributed by atoms with Crippen LogP contribution in [0.15, 0.2) is 86.3 Å². The number of hydrogen-bond donors (Lipinski definition) is 0. The third-order valence-electron chi connectivity index (χ3n) is 9.87. The fraction of sp³-hybridized carbons (Fsp3) is 0.500. The maximum atomic E-state index is 13.2. The molecule has 0 atom stereocenters. The minimum Gasteiger partial charge on any atom is -0.496 e. The molecule has 9 heteroatoms. The largest absolute Gasteiger partial charge is 0.496 e. The SMILES string of the molecule is C.C.COc1ccc([S+]2CCCCC2)c2ccc(S(=O)(=O)C3CCCCC3)cc12.CS(=O)(=O)c1ccc2c([S+]3CCCCC3)cccc2c1. The lowest BCUT2D eigenvalue weighted by atomic mass is 10.0. The number of methoxy groups -OCH3 is 1. The number of benzene rings is 4. The predicted octanol–water partition coefficient (Wildman–Crippen LogP) is 9.79. The average Bonchev–Trinajstić information content (AvgIpc) is 3.11. The van der Waals surface area contributed by atoms with Crippen molar-refractivity contribution < 1.29 is 21.6 Å². The van der Waals surface area contributed by atoms with E-state index in [2.05, 4.69) is 18.2 Å². The van der Waals surface area contributed by atoms with Crippen molar-refractivity contribution in [2.45, 2.75) is 110 Å². The van der Waals surface area contributed by atoms with Crippen LogP contribution >= 0.6 is 0 Å². The fourth-order valence-electron chi connectivity index (χ4n) is 7.26. The number of fused-ring (bicyclic) bond motifs is 2. The zero-order chi connectivity index (χ0) is 33.0. The van der Waals surface area contributed by atoms with Gasteiger partial charge in [0.1, 0.15) is 28.8 Å². The van der Waals surface area contributed by atoms with E-state index in [1.165, 1.54) is 88.4 Å². The molecule has 0 spiro atoms. The molecule has 0 amide bonds. The summed E-state index contributed by atoms with van der Waals surface area (Å²) in [5.74, 6) is 5.85. The highest BCUT2D eigenvalue weighted by Crippen LogP contribution is 2.37. The summed E-state index contributed by atoms with van der Waals surface area (Å²) in [6.45, 7) is 0. The molecule has 0 bridgehead atoms. The molecule has 0 radical (unpaired) electrons. The third-order valence-corrected chi connectivity index (χ3v) is 18.3. The molecular weight excluding hydrogens is 689 g/mol. The van der Waals surface area contributed by atoms with Crippen molar-refractivity contribution in [3.05, 3.63) is 66.7 Å². The molecule has 5 nitrogen and oxygen atoms in total. The second kappa shape index (κ2) is 17.3. The van der Waals surface area contributed by atoms with Crippen molar-refractivity contribution in [3.63, 3.8) is 0 Å². The van der Waals surface area contributed by atoms with Gasteiger partial charge in [-0.2, -0.15) is 0 Å². The van der Waals surface area contributed by atoms with Gasteiger partial charge in [-0.1, -0.05) is 46.2 Å². The zero-order valence-electron chi connectivity index (χ0n) is 27.7. The van der Waals surface area contributed by atoms with Gasteiger partial charge in [0.2, 0.25) is 0 Å². The molecule has 3 fully saturated rings. The quantitative estimate of drug-likeness (QED) is 0.184. The van der Waals surface area contributed by atoms with Gasteiger partial charge in [0.05, 0.1) is 22.2 Å². The standard InChI is InChI=1S/C22H29O3S2.C16H19O2S2.2CH4/c1-25-21-12-13-22(26-14-6-3-7-15-26)19-11-10-18(16-20(19)21)27(23,24)17-8-4-2-5-9-17;1-20(17,18)14-8-9-15-13(12-14)6-5-7-16(15)19-10-3-2-4-11-19;;/h10-13,16-17H,2-9,14-15H2,1H3;5-9,12H,2-4,10-11H2,1H3;2*1H4/q2*+1;;. The molecule has 0 N–H and O–H groups in total. The smallest absolute Gasteiger partial charge is 0.181 e. The Morgan fingerprint density at radius 3 is 1.73 bits per heavy atom. The van der Waals surface area contributed by atoms with E-state index in [1.54, 1.807) is 13.2 Å². The van der Waals surface area contributed by atoms with E-state index in [4.69, 9.17) is 4.74 Å². The number of sulfone groups is 2. The van der Waals surface area contributed by atoms with Crippen LogP contribution in [0.2, 0.25) is 0 Å². The van der Waals surface area contributed by atoms with Gasteiger partial charge < -0.3 is 4.74 Å². The van der Waals surface area contributed by atoms with E-state index in [-0.39, 0.29) is 31.0 Å². The van der Waals surface area contributed by atoms with E-state index in [1.807, 2.05) is 42.5 Å². The average molecular weight is 745 g/mol. The Labute approximate surface area is 302 Å². The van der Waals surface area contributed by atoms with E-state index >= 15 is 0 Å². The lowest BCUT2D eigenvalue weighted by Gasteiger charge is -2.22. The molecule has 268 valence electrons. The molecule has 0 aromatic heterocycles. The van der Waals surface area contributed by atoms with Crippen LogP contribution < -0.4 is 4.74 Å². The molecule has 3 aliphatic rings. The second-order valence-electron chi connectivity index (χ2n) is 13.1. The van der Waals surface area contributed by atoms with Gasteiger partial charge in [-0.05, 0) is 111 Å². The van der Waals surface area contributed by atoms with Gasteiger partial charge in [-0.3, -0.25) is 0 Å². The Balaban J connectivity index is 0.000000221. The highest BCUT2D eigenvalue weighted by molar-refractivity contribution is 7.97. The van der Waals surface area contributed by atoms with Gasteiger partial charge in [0, 0.05) is 44.2 Å². The van der Waals surface area contributed by atoms with Crippen molar-refractivity contribution in [2.75, 3.05) is 36.4 Å². The first kappa shape index (κ1) is 39.6. The Bertz CT molecular complexity index is 1920. The Hall–Kier alpha value is -2.20. The summed E-state index contributed by atoms with van der Waals surface area (Å²) < 4.78 is 55.3. The fourth-order valence-corrected chi connectivity index (χ4v) is 14.8. The third kappa shape index (κ3) is 9.00. The van der Waals surface area contributed by atoms with E-state index in [9.17, 15) is 16.8 Å². The van der Waals surface area contributed by atoms with Crippen LogP contribution in [0.1, 0.15) is 85.5 Å². The summed E-state index contributed by atoms with van der Waals surface area (Å²) in [6.07, 6.45) is 14.0. The van der Waals surface area contributed by atoms with Gasteiger partial charge in [0.15, 0.2) is 29.5 Å². The van der Waals surface area contributed by atoms with Crippen molar-refractivity contribution in [2.24, 2.45) is 0 Å². The molecule has 4 aromatic carbocycles. The normalized spacial score (nSPS) is 18.2. The van der Waals surface area contributed by atoms with Crippen LogP contribution in [0.4, 0.5) is 0 Å². The minimum atomic E-state index is -3.27. The molecule has 1 aliphatic carbocycles. The number of hydrogen-bond acceptors (Lipinski definition) is 5. The molecule has 7 rings (SSSR count). The first-order valence-electron chi connectivity index (χ1n) is 17.1. The molecule has 1 saturated carbocycles. The van der Waals surface area contributed by atoms with E-state index in [0.29, 0.717) is 20.7 Å². The lowest BCUT2D eigenvalue weighted by molar-refractivity contribution is 0.419. The van der Waals surface area contributed by atoms with Crippen molar-refractivity contribution in [1.29, 1.82) is 0 Å². The van der Waals surface area contributed by atoms with Gasteiger partial charge >= 0.3 is 0 Å². The Morgan fingerprint density at radius 2 is 1.14 bits per heavy atom. The van der Waals surface area contributed by atoms with Crippen LogP contribution in [-0.2, 0) is 41.5 Å². The maximum absolute atomic E-state index is 13.2. The summed E-state index contributed by atoms with van der Waals surface area (Å²) in [6, 6.07) is 21.8. The molecule has 4 aromatic rings. The number of rotatable bonds is 6. The van der Waals surface area contributed by atoms with E-state index in [0.717, 1.165) is 48.6 Å². The summed E-state index contributed by atoms with van der Waals surface area (Å²) in [5, 5.41) is 4.17. The summed E-state index contributed by atoms with van der Waals surface area (Å²) in [7, 11) is -4.12. The van der Waals surface area contributed by atoms with Crippen LogP contribution in [0, 0.1) is 0 Å². The maximum Gasteiger partial charge on any atom is 0.181 e. The lowest BCUT2D eigenvalue weighted by Crippen LogP contribution is -2.24. The van der Waals surface area contributed by atoms with Crippen LogP contribution in [0.3, 0.4) is 0 Å². The summed E-state index contributed by atoms with van der Waals surface area (Å²) >= 11 is 0. The zero-order valence-corrected chi connectivity index (χ0v) is 31.0. The van der Waals surface area contributed by atoms with Crippen LogP contribution in [-0.4, -0.2) is 58.5 Å². The van der Waals surface area contributed by atoms with Gasteiger partial charge in [-0.25, -0.2) is 16.8 Å².